The monoisotopic (exact) mass is 497 g/mol. The van der Waals surface area contributed by atoms with E-state index in [-0.39, 0.29) is 23.9 Å². The van der Waals surface area contributed by atoms with Crippen molar-refractivity contribution in [3.05, 3.63) is 34.9 Å². The maximum atomic E-state index is 12.9. The molecule has 0 bridgehead atoms. The lowest BCUT2D eigenvalue weighted by atomic mass is 10.2. The van der Waals surface area contributed by atoms with Crippen molar-refractivity contribution in [3.8, 4) is 12.1 Å². The normalized spacial score (nSPS) is 16.5. The number of carbonyl (C=O) groups excluding carboxylic acids is 3. The highest BCUT2D eigenvalue weighted by Gasteiger charge is 2.38. The highest BCUT2D eigenvalue weighted by Crippen LogP contribution is 2.38. The molecular weight excluding hydrogens is 466 g/mol. The maximum Gasteiger partial charge on any atom is 0.265 e. The van der Waals surface area contributed by atoms with Crippen LogP contribution in [0.25, 0.3) is 0 Å². The van der Waals surface area contributed by atoms with Gasteiger partial charge in [-0.3, -0.25) is 19.3 Å². The largest absolute Gasteiger partial charge is 0.385 e. The molecule has 1 unspecified atom stereocenters. The van der Waals surface area contributed by atoms with Crippen LogP contribution in [0, 0.1) is 22.7 Å². The van der Waals surface area contributed by atoms with Gasteiger partial charge in [0.1, 0.15) is 23.2 Å². The summed E-state index contributed by atoms with van der Waals surface area (Å²) in [5.41, 5.74) is 1.32. The van der Waals surface area contributed by atoms with E-state index in [4.69, 9.17) is 5.26 Å². The Kier molecular flexibility index (Phi) is 11.1. The zero-order valence-electron chi connectivity index (χ0n) is 20.3. The van der Waals surface area contributed by atoms with Crippen molar-refractivity contribution in [3.63, 3.8) is 0 Å². The van der Waals surface area contributed by atoms with Crippen LogP contribution in [-0.4, -0.2) is 72.0 Å². The lowest BCUT2D eigenvalue weighted by Gasteiger charge is -2.17. The van der Waals surface area contributed by atoms with Crippen LogP contribution >= 0.6 is 11.8 Å². The van der Waals surface area contributed by atoms with E-state index in [1.54, 1.807) is 13.0 Å². The fourth-order valence-corrected chi connectivity index (χ4v) is 4.84. The molecule has 1 heterocycles. The van der Waals surface area contributed by atoms with Gasteiger partial charge in [-0.25, -0.2) is 0 Å². The summed E-state index contributed by atoms with van der Waals surface area (Å²) >= 11 is 1.19. The van der Waals surface area contributed by atoms with Gasteiger partial charge in [0.25, 0.3) is 5.91 Å². The molecule has 1 aromatic rings. The Hall–Kier alpha value is -3.54. The van der Waals surface area contributed by atoms with Crippen molar-refractivity contribution < 1.29 is 14.4 Å². The first kappa shape index (κ1) is 27.7. The Labute approximate surface area is 210 Å². The Balaban J connectivity index is 1.99. The van der Waals surface area contributed by atoms with E-state index < -0.39 is 11.2 Å². The summed E-state index contributed by atoms with van der Waals surface area (Å²) in [5.74, 6) is -0.904. The minimum absolute atomic E-state index is 0.0788. The van der Waals surface area contributed by atoms with E-state index in [0.29, 0.717) is 36.8 Å². The fraction of sp³-hybridized carbons (Fsp3) is 0.458. The van der Waals surface area contributed by atoms with Crippen molar-refractivity contribution in [2.45, 2.75) is 32.4 Å². The molecule has 0 spiro atoms. The van der Waals surface area contributed by atoms with Gasteiger partial charge in [0.05, 0.1) is 17.9 Å². The molecule has 1 atom stereocenters. The first-order valence-corrected chi connectivity index (χ1v) is 12.4. The van der Waals surface area contributed by atoms with Crippen molar-refractivity contribution in [2.75, 3.05) is 49.9 Å². The third-order valence-electron chi connectivity index (χ3n) is 5.38. The van der Waals surface area contributed by atoms with Gasteiger partial charge >= 0.3 is 0 Å². The molecule has 1 saturated heterocycles. The number of nitriles is 2. The highest BCUT2D eigenvalue weighted by molar-refractivity contribution is 8.04. The highest BCUT2D eigenvalue weighted by atomic mass is 32.2. The minimum Gasteiger partial charge on any atom is -0.385 e. The minimum atomic E-state index is -0.665. The predicted octanol–water partition coefficient (Wildman–Crippen LogP) is 2.11. The van der Waals surface area contributed by atoms with Crippen LogP contribution in [-0.2, 0) is 14.4 Å². The first-order chi connectivity index (χ1) is 16.9. The lowest BCUT2D eigenvalue weighted by Crippen LogP contribution is -2.32. The van der Waals surface area contributed by atoms with Gasteiger partial charge in [-0.1, -0.05) is 31.7 Å². The SMILES string of the molecule is CCN(CC)CC(=O)Nc1cccc(NCCC2S/C(=C(/C#N)C(=O)NCC#N)N(CC)C2=O)c1. The number of benzene rings is 1. The van der Waals surface area contributed by atoms with Crippen LogP contribution in [0.15, 0.2) is 34.9 Å². The number of amides is 3. The van der Waals surface area contributed by atoms with E-state index in [1.165, 1.54) is 16.7 Å². The van der Waals surface area contributed by atoms with Crippen LogP contribution in [0.5, 0.6) is 0 Å². The zero-order valence-corrected chi connectivity index (χ0v) is 21.1. The summed E-state index contributed by atoms with van der Waals surface area (Å²) in [4.78, 5) is 40.8. The lowest BCUT2D eigenvalue weighted by molar-refractivity contribution is -0.127. The fourth-order valence-electron chi connectivity index (χ4n) is 3.51. The number of nitrogens with zero attached hydrogens (tertiary/aromatic N) is 4. The number of hydrogen-bond acceptors (Lipinski definition) is 8. The molecule has 11 heteroatoms. The zero-order chi connectivity index (χ0) is 25.8. The Morgan fingerprint density at radius 1 is 1.17 bits per heavy atom. The summed E-state index contributed by atoms with van der Waals surface area (Å²) in [7, 11) is 0. The molecule has 0 aliphatic carbocycles. The van der Waals surface area contributed by atoms with Gasteiger partial charge in [0, 0.05) is 24.5 Å². The second kappa shape index (κ2) is 14.0. The third-order valence-corrected chi connectivity index (χ3v) is 6.75. The van der Waals surface area contributed by atoms with Gasteiger partial charge < -0.3 is 20.9 Å². The molecule has 3 amide bonds. The molecule has 1 aromatic carbocycles. The van der Waals surface area contributed by atoms with Gasteiger partial charge in [-0.05, 0) is 44.6 Å². The van der Waals surface area contributed by atoms with Crippen molar-refractivity contribution in [2.24, 2.45) is 0 Å². The number of nitrogens with one attached hydrogen (secondary N) is 3. The average molecular weight is 498 g/mol. The molecule has 1 aliphatic rings. The quantitative estimate of drug-likeness (QED) is 0.226. The van der Waals surface area contributed by atoms with E-state index in [1.807, 2.05) is 49.1 Å². The van der Waals surface area contributed by atoms with Gasteiger partial charge in [-0.2, -0.15) is 10.5 Å². The summed E-state index contributed by atoms with van der Waals surface area (Å²) < 4.78 is 0. The van der Waals surface area contributed by atoms with Gasteiger partial charge in [0.15, 0.2) is 0 Å². The van der Waals surface area contributed by atoms with E-state index in [2.05, 4.69) is 16.0 Å². The van der Waals surface area contributed by atoms with E-state index in [9.17, 15) is 19.6 Å². The molecule has 0 saturated carbocycles. The van der Waals surface area contributed by atoms with Crippen LogP contribution in [0.4, 0.5) is 11.4 Å². The third kappa shape index (κ3) is 7.74. The molecular formula is C24H31N7O3S. The van der Waals surface area contributed by atoms with Crippen molar-refractivity contribution in [1.29, 1.82) is 10.5 Å². The van der Waals surface area contributed by atoms with E-state index >= 15 is 0 Å². The summed E-state index contributed by atoms with van der Waals surface area (Å²) in [6, 6.07) is 11.0. The molecule has 1 fully saturated rings. The van der Waals surface area contributed by atoms with Crippen LogP contribution in [0.1, 0.15) is 27.2 Å². The number of likely N-dealkylation sites (N-methyl/N-ethyl adjacent to an activating group) is 1. The van der Waals surface area contributed by atoms with Crippen molar-refractivity contribution in [1.82, 2.24) is 15.1 Å². The Morgan fingerprint density at radius 2 is 1.89 bits per heavy atom. The maximum absolute atomic E-state index is 12.9. The molecule has 10 nitrogen and oxygen atoms in total. The summed E-state index contributed by atoms with van der Waals surface area (Å²) in [6.07, 6.45) is 0.473. The summed E-state index contributed by atoms with van der Waals surface area (Å²) in [6.45, 7) is 8.33. The second-order valence-electron chi connectivity index (χ2n) is 7.63. The van der Waals surface area contributed by atoms with E-state index in [0.717, 1.165) is 18.8 Å². The molecule has 3 N–H and O–H groups in total. The molecule has 0 aromatic heterocycles. The number of rotatable bonds is 12. The van der Waals surface area contributed by atoms with Gasteiger partial charge in [-0.15, -0.1) is 0 Å². The second-order valence-corrected chi connectivity index (χ2v) is 8.82. The molecule has 0 radical (unpaired) electrons. The summed E-state index contributed by atoms with van der Waals surface area (Å²) in [5, 5.41) is 26.5. The number of thioether (sulfide) groups is 1. The predicted molar refractivity (Wildman–Crippen MR) is 136 cm³/mol. The van der Waals surface area contributed by atoms with Crippen LogP contribution in [0.2, 0.25) is 0 Å². The standard InChI is InChI=1S/C24H31N7O3S/c1-4-30(5-2)16-21(32)29-18-9-7-8-17(14-18)27-12-10-20-23(34)31(6-3)24(35-20)19(15-26)22(33)28-13-11-25/h7-9,14,20,27H,4-6,10,12-13,16H2,1-3H3,(H,28,33)(H,29,32)/b24-19-. The van der Waals surface area contributed by atoms with Crippen molar-refractivity contribution >= 4 is 40.9 Å². The topological polar surface area (TPSA) is 141 Å². The smallest absolute Gasteiger partial charge is 0.265 e. The number of hydrogen-bond donors (Lipinski definition) is 3. The Bertz CT molecular complexity index is 1040. The molecule has 35 heavy (non-hydrogen) atoms. The first-order valence-electron chi connectivity index (χ1n) is 11.5. The Morgan fingerprint density at radius 3 is 2.51 bits per heavy atom. The average Bonchev–Trinajstić information content (AvgIpc) is 3.16. The van der Waals surface area contributed by atoms with Gasteiger partial charge in [0.2, 0.25) is 11.8 Å². The molecule has 2 rings (SSSR count). The van der Waals surface area contributed by atoms with Crippen LogP contribution in [0.3, 0.4) is 0 Å². The van der Waals surface area contributed by atoms with Crippen LogP contribution < -0.4 is 16.0 Å². The number of carbonyl (C=O) groups is 3. The molecule has 186 valence electrons. The molecule has 1 aliphatic heterocycles. The number of anilines is 2.